The number of benzene rings is 1. The van der Waals surface area contributed by atoms with Crippen LogP contribution >= 0.6 is 11.8 Å². The fraction of sp³-hybridized carbons (Fsp3) is 0.143. The van der Waals surface area contributed by atoms with Crippen molar-refractivity contribution in [2.75, 3.05) is 7.11 Å². The predicted octanol–water partition coefficient (Wildman–Crippen LogP) is 3.42. The van der Waals surface area contributed by atoms with Crippen molar-refractivity contribution in [2.24, 2.45) is 0 Å². The van der Waals surface area contributed by atoms with Gasteiger partial charge in [0, 0.05) is 6.20 Å². The third kappa shape index (κ3) is 2.47. The molecule has 4 heteroatoms. The molecule has 0 amide bonds. The Kier molecular flexibility index (Phi) is 3.85. The SMILES string of the molecule is COc1ccccc1Sc1nccc(C)c1C#N. The summed E-state index contributed by atoms with van der Waals surface area (Å²) in [6, 6.07) is 11.7. The van der Waals surface area contributed by atoms with Crippen LogP contribution in [0.5, 0.6) is 5.75 Å². The van der Waals surface area contributed by atoms with Gasteiger partial charge in [-0.1, -0.05) is 23.9 Å². The largest absolute Gasteiger partial charge is 0.496 e. The van der Waals surface area contributed by atoms with Crippen LogP contribution in [0.25, 0.3) is 0 Å². The number of methoxy groups -OCH3 is 1. The molecule has 90 valence electrons. The zero-order valence-electron chi connectivity index (χ0n) is 10.2. The highest BCUT2D eigenvalue weighted by molar-refractivity contribution is 7.99. The van der Waals surface area contributed by atoms with Crippen LogP contribution in [0.3, 0.4) is 0 Å². The van der Waals surface area contributed by atoms with E-state index in [0.717, 1.165) is 16.2 Å². The van der Waals surface area contributed by atoms with E-state index in [9.17, 15) is 0 Å². The van der Waals surface area contributed by atoms with E-state index in [1.165, 1.54) is 11.8 Å². The molecule has 2 aromatic rings. The number of para-hydroxylation sites is 1. The average molecular weight is 256 g/mol. The van der Waals surface area contributed by atoms with Crippen molar-refractivity contribution in [3.8, 4) is 11.8 Å². The lowest BCUT2D eigenvalue weighted by molar-refractivity contribution is 0.405. The first kappa shape index (κ1) is 12.5. The van der Waals surface area contributed by atoms with Crippen LogP contribution in [0.4, 0.5) is 0 Å². The second kappa shape index (κ2) is 5.56. The van der Waals surface area contributed by atoms with Crippen molar-refractivity contribution >= 4 is 11.8 Å². The molecule has 1 aromatic carbocycles. The number of hydrogen-bond donors (Lipinski definition) is 0. The first-order valence-electron chi connectivity index (χ1n) is 5.43. The molecule has 0 radical (unpaired) electrons. The van der Waals surface area contributed by atoms with E-state index in [1.807, 2.05) is 37.3 Å². The molecule has 3 nitrogen and oxygen atoms in total. The van der Waals surface area contributed by atoms with E-state index in [0.29, 0.717) is 10.6 Å². The zero-order chi connectivity index (χ0) is 13.0. The van der Waals surface area contributed by atoms with Gasteiger partial charge in [0.25, 0.3) is 0 Å². The number of nitrogens with zero attached hydrogens (tertiary/aromatic N) is 2. The molecule has 1 aromatic heterocycles. The van der Waals surface area contributed by atoms with Crippen LogP contribution in [0.1, 0.15) is 11.1 Å². The highest BCUT2D eigenvalue weighted by atomic mass is 32.2. The van der Waals surface area contributed by atoms with E-state index in [2.05, 4.69) is 11.1 Å². The normalized spacial score (nSPS) is 9.83. The second-order valence-electron chi connectivity index (χ2n) is 3.67. The smallest absolute Gasteiger partial charge is 0.132 e. The van der Waals surface area contributed by atoms with E-state index < -0.39 is 0 Å². The summed E-state index contributed by atoms with van der Waals surface area (Å²) in [6.45, 7) is 1.91. The van der Waals surface area contributed by atoms with Crippen LogP contribution < -0.4 is 4.74 Å². The highest BCUT2D eigenvalue weighted by Crippen LogP contribution is 2.35. The van der Waals surface area contributed by atoms with Crippen LogP contribution in [0, 0.1) is 18.3 Å². The van der Waals surface area contributed by atoms with Crippen molar-refractivity contribution < 1.29 is 4.74 Å². The number of aryl methyl sites for hydroxylation is 1. The molecule has 0 unspecified atom stereocenters. The van der Waals surface area contributed by atoms with E-state index >= 15 is 0 Å². The Labute approximate surface area is 110 Å². The third-order valence-corrected chi connectivity index (χ3v) is 3.57. The van der Waals surface area contributed by atoms with Crippen molar-refractivity contribution in [1.29, 1.82) is 5.26 Å². The average Bonchev–Trinajstić information content (AvgIpc) is 2.40. The van der Waals surface area contributed by atoms with Crippen molar-refractivity contribution in [3.05, 3.63) is 47.7 Å². The molecule has 0 aliphatic carbocycles. The summed E-state index contributed by atoms with van der Waals surface area (Å²) >= 11 is 1.45. The van der Waals surface area contributed by atoms with E-state index in [1.54, 1.807) is 13.3 Å². The molecule has 0 aliphatic rings. The number of hydrogen-bond acceptors (Lipinski definition) is 4. The Morgan fingerprint density at radius 2 is 2.06 bits per heavy atom. The number of ether oxygens (including phenoxy) is 1. The molecular weight excluding hydrogens is 244 g/mol. The van der Waals surface area contributed by atoms with Gasteiger partial charge in [0.05, 0.1) is 17.6 Å². The summed E-state index contributed by atoms with van der Waals surface area (Å²) in [4.78, 5) is 5.22. The Hall–Kier alpha value is -1.99. The van der Waals surface area contributed by atoms with Crippen LogP contribution in [0.2, 0.25) is 0 Å². The van der Waals surface area contributed by atoms with Gasteiger partial charge in [-0.05, 0) is 30.7 Å². The van der Waals surface area contributed by atoms with Gasteiger partial charge >= 0.3 is 0 Å². The predicted molar refractivity (Wildman–Crippen MR) is 70.8 cm³/mol. The number of rotatable bonds is 3. The molecule has 0 saturated carbocycles. The van der Waals surface area contributed by atoms with Gasteiger partial charge in [0.2, 0.25) is 0 Å². The topological polar surface area (TPSA) is 45.9 Å². The molecule has 18 heavy (non-hydrogen) atoms. The standard InChI is InChI=1S/C14H12N2OS/c1-10-7-8-16-14(11(10)9-15)18-13-6-4-3-5-12(13)17-2/h3-8H,1-2H3. The third-order valence-electron chi connectivity index (χ3n) is 2.51. The highest BCUT2D eigenvalue weighted by Gasteiger charge is 2.10. The van der Waals surface area contributed by atoms with Gasteiger partial charge in [-0.15, -0.1) is 0 Å². The van der Waals surface area contributed by atoms with Crippen LogP contribution in [-0.4, -0.2) is 12.1 Å². The first-order chi connectivity index (χ1) is 8.76. The molecule has 0 saturated heterocycles. The zero-order valence-corrected chi connectivity index (χ0v) is 11.0. The molecule has 0 N–H and O–H groups in total. The summed E-state index contributed by atoms with van der Waals surface area (Å²) in [6.07, 6.45) is 1.72. The van der Waals surface area contributed by atoms with Gasteiger partial charge in [-0.2, -0.15) is 5.26 Å². The molecule has 0 spiro atoms. The minimum Gasteiger partial charge on any atom is -0.496 e. The molecule has 1 heterocycles. The van der Waals surface area contributed by atoms with Gasteiger partial charge < -0.3 is 4.74 Å². The van der Waals surface area contributed by atoms with Crippen molar-refractivity contribution in [2.45, 2.75) is 16.8 Å². The number of pyridine rings is 1. The second-order valence-corrected chi connectivity index (χ2v) is 4.70. The summed E-state index contributed by atoms with van der Waals surface area (Å²) in [5.41, 5.74) is 1.55. The minimum absolute atomic E-state index is 0.619. The summed E-state index contributed by atoms with van der Waals surface area (Å²) in [5, 5.41) is 9.88. The molecular formula is C14H12N2OS. The van der Waals surface area contributed by atoms with Gasteiger partial charge in [-0.25, -0.2) is 4.98 Å². The van der Waals surface area contributed by atoms with Gasteiger partial charge in [0.15, 0.2) is 0 Å². The maximum Gasteiger partial charge on any atom is 0.132 e. The Balaban J connectivity index is 2.41. The van der Waals surface area contributed by atoms with Crippen molar-refractivity contribution in [1.82, 2.24) is 4.98 Å². The van der Waals surface area contributed by atoms with Crippen molar-refractivity contribution in [3.63, 3.8) is 0 Å². The fourth-order valence-electron chi connectivity index (χ4n) is 1.55. The van der Waals surface area contributed by atoms with Gasteiger partial charge in [0.1, 0.15) is 16.8 Å². The van der Waals surface area contributed by atoms with Crippen LogP contribution in [-0.2, 0) is 0 Å². The lowest BCUT2D eigenvalue weighted by Crippen LogP contribution is -1.91. The molecule has 0 bridgehead atoms. The monoisotopic (exact) mass is 256 g/mol. The Morgan fingerprint density at radius 1 is 1.28 bits per heavy atom. The van der Waals surface area contributed by atoms with E-state index in [-0.39, 0.29) is 0 Å². The Morgan fingerprint density at radius 3 is 2.78 bits per heavy atom. The molecule has 0 atom stereocenters. The summed E-state index contributed by atoms with van der Waals surface area (Å²) in [7, 11) is 1.63. The summed E-state index contributed by atoms with van der Waals surface area (Å²) in [5.74, 6) is 0.787. The molecule has 0 aliphatic heterocycles. The maximum absolute atomic E-state index is 9.17. The molecule has 0 fully saturated rings. The minimum atomic E-state index is 0.619. The first-order valence-corrected chi connectivity index (χ1v) is 6.24. The number of nitriles is 1. The Bertz CT molecular complexity index is 605. The maximum atomic E-state index is 9.17. The quantitative estimate of drug-likeness (QED) is 0.844. The van der Waals surface area contributed by atoms with E-state index in [4.69, 9.17) is 10.00 Å². The van der Waals surface area contributed by atoms with Gasteiger partial charge in [-0.3, -0.25) is 0 Å². The lowest BCUT2D eigenvalue weighted by atomic mass is 10.2. The summed E-state index contributed by atoms with van der Waals surface area (Å²) < 4.78 is 5.29. The number of aromatic nitrogens is 1. The molecule has 2 rings (SSSR count). The van der Waals surface area contributed by atoms with Crippen LogP contribution in [0.15, 0.2) is 46.5 Å². The lowest BCUT2D eigenvalue weighted by Gasteiger charge is -2.08. The fourth-order valence-corrected chi connectivity index (χ4v) is 2.58.